The average molecular weight is 477 g/mol. The zero-order valence-corrected chi connectivity index (χ0v) is 17.1. The van der Waals surface area contributed by atoms with Gasteiger partial charge in [0.15, 0.2) is 5.82 Å². The van der Waals surface area contributed by atoms with Gasteiger partial charge in [0, 0.05) is 21.5 Å². The molecule has 0 saturated heterocycles. The fraction of sp³-hybridized carbons (Fsp3) is 0.250. The van der Waals surface area contributed by atoms with E-state index in [0.717, 1.165) is 16.0 Å². The lowest BCUT2D eigenvalue weighted by Crippen LogP contribution is -2.19. The number of benzene rings is 2. The molecule has 0 unspecified atom stereocenters. The van der Waals surface area contributed by atoms with Crippen molar-refractivity contribution in [1.29, 1.82) is 0 Å². The number of nitrogens with one attached hydrogen (secondary N) is 1. The monoisotopic (exact) mass is 475 g/mol. The van der Waals surface area contributed by atoms with E-state index >= 15 is 4.39 Å². The number of sulfonamides is 1. The van der Waals surface area contributed by atoms with Crippen LogP contribution in [0.2, 0.25) is 5.02 Å². The second-order valence-electron chi connectivity index (χ2n) is 6.10. The van der Waals surface area contributed by atoms with Crippen LogP contribution in [0.25, 0.3) is 10.2 Å². The molecule has 1 aromatic heterocycles. The SMILES string of the molecule is O=S(=O)(Nc1cc2snnc2c(F)c1Cc1ccc(Br)cc1Cl)C1CC1. The highest BCUT2D eigenvalue weighted by atomic mass is 79.9. The summed E-state index contributed by atoms with van der Waals surface area (Å²) in [5, 5.41) is 3.87. The molecule has 136 valence electrons. The summed E-state index contributed by atoms with van der Waals surface area (Å²) in [6.07, 6.45) is 1.38. The van der Waals surface area contributed by atoms with Crippen molar-refractivity contribution >= 4 is 65.0 Å². The minimum absolute atomic E-state index is 0.132. The zero-order chi connectivity index (χ0) is 18.5. The topological polar surface area (TPSA) is 72.0 Å². The summed E-state index contributed by atoms with van der Waals surface area (Å²) in [6.45, 7) is 0. The van der Waals surface area contributed by atoms with Crippen LogP contribution in [0, 0.1) is 5.82 Å². The van der Waals surface area contributed by atoms with Gasteiger partial charge in [0.1, 0.15) is 5.52 Å². The van der Waals surface area contributed by atoms with Crippen LogP contribution in [0.1, 0.15) is 24.0 Å². The zero-order valence-electron chi connectivity index (χ0n) is 13.2. The fourth-order valence-electron chi connectivity index (χ4n) is 2.66. The summed E-state index contributed by atoms with van der Waals surface area (Å²) in [5.74, 6) is -0.580. The lowest BCUT2D eigenvalue weighted by Gasteiger charge is -2.14. The molecule has 2 aromatic carbocycles. The highest BCUT2D eigenvalue weighted by molar-refractivity contribution is 9.10. The second-order valence-corrected chi connectivity index (χ2v) is 10.2. The number of aromatic nitrogens is 2. The summed E-state index contributed by atoms with van der Waals surface area (Å²) >= 11 is 10.6. The van der Waals surface area contributed by atoms with Crippen molar-refractivity contribution in [3.63, 3.8) is 0 Å². The molecular weight excluding hydrogens is 465 g/mol. The summed E-state index contributed by atoms with van der Waals surface area (Å²) in [7, 11) is -3.53. The summed E-state index contributed by atoms with van der Waals surface area (Å²) in [6, 6.07) is 6.88. The molecule has 0 spiro atoms. The van der Waals surface area contributed by atoms with Crippen LogP contribution in [-0.2, 0) is 16.4 Å². The Morgan fingerprint density at radius 3 is 2.81 bits per heavy atom. The third kappa shape index (κ3) is 3.45. The van der Waals surface area contributed by atoms with Gasteiger partial charge < -0.3 is 0 Å². The van der Waals surface area contributed by atoms with E-state index in [-0.39, 0.29) is 23.2 Å². The molecule has 0 atom stereocenters. The number of halogens is 3. The van der Waals surface area contributed by atoms with Crippen LogP contribution >= 0.6 is 39.1 Å². The Hall–Kier alpha value is -1.29. The lowest BCUT2D eigenvalue weighted by molar-refractivity contribution is 0.599. The van der Waals surface area contributed by atoms with E-state index in [2.05, 4.69) is 30.2 Å². The summed E-state index contributed by atoms with van der Waals surface area (Å²) in [5.41, 5.74) is 1.24. The molecule has 3 aromatic rings. The molecule has 0 amide bonds. The molecule has 10 heteroatoms. The van der Waals surface area contributed by atoms with Gasteiger partial charge in [-0.15, -0.1) is 5.10 Å². The molecule has 1 N–H and O–H groups in total. The maximum atomic E-state index is 15.1. The molecule has 1 aliphatic carbocycles. The Morgan fingerprint density at radius 2 is 2.12 bits per heavy atom. The molecule has 0 aliphatic heterocycles. The van der Waals surface area contributed by atoms with Gasteiger partial charge in [-0.25, -0.2) is 12.8 Å². The molecule has 1 saturated carbocycles. The fourth-order valence-corrected chi connectivity index (χ4v) is 5.41. The number of anilines is 1. The standard InChI is InChI=1S/C16H12BrClFN3O2S2/c17-9-2-1-8(12(18)6-9)5-11-13(21-26(23,24)10-3-4-10)7-14-16(15(11)19)20-22-25-14/h1-2,6-7,10,21H,3-5H2. The Kier molecular flexibility index (Phi) is 4.66. The van der Waals surface area contributed by atoms with Gasteiger partial charge in [-0.3, -0.25) is 4.72 Å². The van der Waals surface area contributed by atoms with Crippen LogP contribution in [0.4, 0.5) is 10.1 Å². The van der Waals surface area contributed by atoms with Gasteiger partial charge in [-0.1, -0.05) is 38.1 Å². The van der Waals surface area contributed by atoms with Gasteiger partial charge in [-0.2, -0.15) is 0 Å². The van der Waals surface area contributed by atoms with E-state index in [1.807, 2.05) is 0 Å². The molecule has 26 heavy (non-hydrogen) atoms. The third-order valence-electron chi connectivity index (χ3n) is 4.18. The van der Waals surface area contributed by atoms with Crippen molar-refractivity contribution < 1.29 is 12.8 Å². The normalized spacial score (nSPS) is 14.7. The maximum absolute atomic E-state index is 15.1. The van der Waals surface area contributed by atoms with Crippen molar-refractivity contribution in [2.45, 2.75) is 24.5 Å². The van der Waals surface area contributed by atoms with Gasteiger partial charge >= 0.3 is 0 Å². The minimum atomic E-state index is -3.53. The molecule has 1 heterocycles. The van der Waals surface area contributed by atoms with Gasteiger partial charge in [0.25, 0.3) is 0 Å². The number of rotatable bonds is 5. The van der Waals surface area contributed by atoms with Crippen LogP contribution in [0.15, 0.2) is 28.7 Å². The van der Waals surface area contributed by atoms with Gasteiger partial charge in [0.05, 0.1) is 15.6 Å². The van der Waals surface area contributed by atoms with Crippen LogP contribution < -0.4 is 4.72 Å². The predicted octanol–water partition coefficient (Wildman–Crippen LogP) is 4.74. The largest absolute Gasteiger partial charge is 0.283 e. The second kappa shape index (κ2) is 6.70. The number of fused-ring (bicyclic) bond motifs is 1. The van der Waals surface area contributed by atoms with Crippen LogP contribution in [0.5, 0.6) is 0 Å². The Balaban J connectivity index is 1.82. The molecule has 0 radical (unpaired) electrons. The first-order chi connectivity index (χ1) is 12.3. The Morgan fingerprint density at radius 1 is 1.35 bits per heavy atom. The summed E-state index contributed by atoms with van der Waals surface area (Å²) < 4.78 is 47.4. The number of hydrogen-bond acceptors (Lipinski definition) is 5. The van der Waals surface area contributed by atoms with Crippen LogP contribution in [0.3, 0.4) is 0 Å². The van der Waals surface area contributed by atoms with Gasteiger partial charge in [0.2, 0.25) is 10.0 Å². The molecule has 1 aliphatic rings. The number of nitrogens with zero attached hydrogens (tertiary/aromatic N) is 2. The minimum Gasteiger partial charge on any atom is -0.283 e. The highest BCUT2D eigenvalue weighted by Crippen LogP contribution is 2.36. The van der Waals surface area contributed by atoms with E-state index in [9.17, 15) is 8.42 Å². The van der Waals surface area contributed by atoms with Crippen molar-refractivity contribution in [2.75, 3.05) is 4.72 Å². The Bertz CT molecular complexity index is 1120. The van der Waals surface area contributed by atoms with Crippen molar-refractivity contribution in [1.82, 2.24) is 9.59 Å². The third-order valence-corrected chi connectivity index (χ3v) is 7.55. The molecule has 1 fully saturated rings. The first kappa shape index (κ1) is 18.1. The predicted molar refractivity (Wildman–Crippen MR) is 105 cm³/mol. The van der Waals surface area contributed by atoms with E-state index in [0.29, 0.717) is 28.1 Å². The van der Waals surface area contributed by atoms with E-state index < -0.39 is 21.1 Å². The van der Waals surface area contributed by atoms with E-state index in [1.54, 1.807) is 24.3 Å². The summed E-state index contributed by atoms with van der Waals surface area (Å²) in [4.78, 5) is 0. The first-order valence-electron chi connectivity index (χ1n) is 7.74. The maximum Gasteiger partial charge on any atom is 0.235 e. The average Bonchev–Trinajstić information content (AvgIpc) is 3.33. The smallest absolute Gasteiger partial charge is 0.235 e. The van der Waals surface area contributed by atoms with E-state index in [1.165, 1.54) is 0 Å². The molecule has 4 rings (SSSR count). The first-order valence-corrected chi connectivity index (χ1v) is 11.2. The number of hydrogen-bond donors (Lipinski definition) is 1. The molecule has 5 nitrogen and oxygen atoms in total. The van der Waals surface area contributed by atoms with Crippen LogP contribution in [-0.4, -0.2) is 23.3 Å². The quantitative estimate of drug-likeness (QED) is 0.577. The van der Waals surface area contributed by atoms with Crippen molar-refractivity contribution in [3.05, 3.63) is 50.7 Å². The van der Waals surface area contributed by atoms with Gasteiger partial charge in [-0.05, 0) is 48.1 Å². The highest BCUT2D eigenvalue weighted by Gasteiger charge is 2.36. The van der Waals surface area contributed by atoms with Crippen molar-refractivity contribution in [2.24, 2.45) is 0 Å². The molecule has 0 bridgehead atoms. The van der Waals surface area contributed by atoms with E-state index in [4.69, 9.17) is 11.6 Å². The van der Waals surface area contributed by atoms with Crippen molar-refractivity contribution in [3.8, 4) is 0 Å². The lowest BCUT2D eigenvalue weighted by atomic mass is 10.0. The Labute approximate surface area is 166 Å². The molecular formula is C16H12BrClFN3O2S2.